The second-order valence-corrected chi connectivity index (χ2v) is 8.00. The molecule has 32 heavy (non-hydrogen) atoms. The van der Waals surface area contributed by atoms with Crippen LogP contribution < -0.4 is 0 Å². The molecule has 0 bridgehead atoms. The van der Waals surface area contributed by atoms with Crippen molar-refractivity contribution in [3.63, 3.8) is 0 Å². The fourth-order valence-corrected chi connectivity index (χ4v) is 3.86. The normalized spacial score (nSPS) is 15.5. The summed E-state index contributed by atoms with van der Waals surface area (Å²) in [5.74, 6) is -1.10. The molecule has 1 aliphatic carbocycles. The third-order valence-electron chi connectivity index (χ3n) is 5.47. The zero-order valence-corrected chi connectivity index (χ0v) is 16.9. The first-order valence-electron chi connectivity index (χ1n) is 10.4. The van der Waals surface area contributed by atoms with Gasteiger partial charge in [-0.05, 0) is 36.6 Å². The van der Waals surface area contributed by atoms with Crippen molar-refractivity contribution in [2.75, 3.05) is 0 Å². The van der Waals surface area contributed by atoms with E-state index in [1.54, 1.807) is 24.3 Å². The van der Waals surface area contributed by atoms with E-state index in [-0.39, 0.29) is 50.0 Å². The van der Waals surface area contributed by atoms with Crippen LogP contribution >= 0.6 is 0 Å². The van der Waals surface area contributed by atoms with Gasteiger partial charge in [-0.15, -0.1) is 0 Å². The number of carboxylic acid groups (broad SMARTS) is 1. The van der Waals surface area contributed by atoms with E-state index in [0.717, 1.165) is 46.1 Å². The Labute approximate surface area is 215 Å². The molecule has 0 aliphatic heterocycles. The predicted molar refractivity (Wildman–Crippen MR) is 126 cm³/mol. The average Bonchev–Trinajstić information content (AvgIpc) is 3.56. The number of aliphatic hydroxyl groups is 2. The standard InChI is InChI=1S/C25H24FNO4.Ca.2H/c26-17-9-7-15(8-10-17)24-20-3-1-2-4-22(20)27-25(16-5-6-16)21(24)12-11-18(28)13-19(29)14-23(30)31;;;/h1-4,7-12,16,18-19,28-29H,5-6,13-14H2,(H,30,31);;;/t18-,19+;;;/m0.../s1. The Balaban J connectivity index is 0.00000289. The molecular formula is C25H26CaFNO4. The van der Waals surface area contributed by atoms with Crippen LogP contribution in [0.15, 0.2) is 54.6 Å². The summed E-state index contributed by atoms with van der Waals surface area (Å²) in [7, 11) is 0. The molecule has 2 atom stereocenters. The molecule has 1 aliphatic rings. The molecule has 3 aromatic rings. The van der Waals surface area contributed by atoms with Crippen LogP contribution in [0, 0.1) is 5.82 Å². The van der Waals surface area contributed by atoms with Gasteiger partial charge in [0, 0.05) is 28.9 Å². The van der Waals surface area contributed by atoms with Crippen molar-refractivity contribution in [2.45, 2.75) is 43.8 Å². The number of fused-ring (bicyclic) bond motifs is 1. The molecule has 0 radical (unpaired) electrons. The van der Waals surface area contributed by atoms with Gasteiger partial charge in [0.25, 0.3) is 0 Å². The number of carboxylic acids is 1. The van der Waals surface area contributed by atoms with Crippen LogP contribution in [0.5, 0.6) is 0 Å². The number of hydrogen-bond donors (Lipinski definition) is 3. The number of para-hydroxylation sites is 1. The number of aliphatic hydroxyl groups excluding tert-OH is 2. The Hall–Kier alpha value is -1.83. The second kappa shape index (κ2) is 10.9. The van der Waals surface area contributed by atoms with Gasteiger partial charge < -0.3 is 15.3 Å². The van der Waals surface area contributed by atoms with Crippen molar-refractivity contribution < 1.29 is 24.5 Å². The van der Waals surface area contributed by atoms with Crippen molar-refractivity contribution >= 4 is 60.7 Å². The van der Waals surface area contributed by atoms with Gasteiger partial charge in [0.15, 0.2) is 0 Å². The van der Waals surface area contributed by atoms with Gasteiger partial charge in [-0.25, -0.2) is 4.39 Å². The maximum atomic E-state index is 13.6. The van der Waals surface area contributed by atoms with Gasteiger partial charge in [0.1, 0.15) is 5.82 Å². The van der Waals surface area contributed by atoms with Crippen molar-refractivity contribution in [1.82, 2.24) is 4.98 Å². The number of pyridine rings is 1. The Bertz CT molecular complexity index is 1130. The summed E-state index contributed by atoms with van der Waals surface area (Å²) in [5, 5.41) is 29.9. The number of benzene rings is 2. The Morgan fingerprint density at radius 2 is 1.81 bits per heavy atom. The average molecular weight is 464 g/mol. The molecule has 2 aromatic carbocycles. The first kappa shape index (κ1) is 24.8. The summed E-state index contributed by atoms with van der Waals surface area (Å²) < 4.78 is 13.6. The zero-order valence-electron chi connectivity index (χ0n) is 16.9. The zero-order chi connectivity index (χ0) is 22.0. The molecule has 7 heteroatoms. The molecule has 1 fully saturated rings. The molecule has 0 saturated heterocycles. The van der Waals surface area contributed by atoms with Crippen LogP contribution in [0.2, 0.25) is 0 Å². The molecule has 1 heterocycles. The van der Waals surface area contributed by atoms with Crippen LogP contribution in [0.25, 0.3) is 28.1 Å². The molecular weight excluding hydrogens is 437 g/mol. The van der Waals surface area contributed by atoms with E-state index in [9.17, 15) is 19.4 Å². The van der Waals surface area contributed by atoms with E-state index >= 15 is 0 Å². The predicted octanol–water partition coefficient (Wildman–Crippen LogP) is 3.60. The molecule has 0 spiro atoms. The third-order valence-corrected chi connectivity index (χ3v) is 5.47. The number of hydrogen-bond acceptors (Lipinski definition) is 4. The van der Waals surface area contributed by atoms with E-state index in [0.29, 0.717) is 5.92 Å². The number of nitrogens with zero attached hydrogens (tertiary/aromatic N) is 1. The molecule has 0 unspecified atom stereocenters. The maximum absolute atomic E-state index is 13.6. The third kappa shape index (κ3) is 5.94. The van der Waals surface area contributed by atoms with Crippen LogP contribution in [0.3, 0.4) is 0 Å². The Morgan fingerprint density at radius 1 is 1.12 bits per heavy atom. The number of rotatable bonds is 8. The van der Waals surface area contributed by atoms with Crippen molar-refractivity contribution in [1.29, 1.82) is 0 Å². The van der Waals surface area contributed by atoms with E-state index < -0.39 is 24.6 Å². The van der Waals surface area contributed by atoms with E-state index in [2.05, 4.69) is 0 Å². The van der Waals surface area contributed by atoms with E-state index in [1.807, 2.05) is 24.3 Å². The fraction of sp³-hybridized carbons (Fsp3) is 0.280. The van der Waals surface area contributed by atoms with Crippen molar-refractivity contribution in [2.24, 2.45) is 0 Å². The summed E-state index contributed by atoms with van der Waals surface area (Å²) in [6.07, 6.45) is 2.80. The van der Waals surface area contributed by atoms with Crippen LogP contribution in [-0.4, -0.2) is 76.2 Å². The molecule has 3 N–H and O–H groups in total. The molecule has 1 saturated carbocycles. The molecule has 1 aromatic heterocycles. The van der Waals surface area contributed by atoms with E-state index in [4.69, 9.17) is 10.1 Å². The SMILES string of the molecule is O=C(O)C[C@H](O)C[C@@H](O)C=Cc1c(C2CC2)nc2ccccc2c1-c1ccc(F)cc1.[CaH2]. The first-order chi connectivity index (χ1) is 14.9. The van der Waals surface area contributed by atoms with Gasteiger partial charge >= 0.3 is 43.7 Å². The Kier molecular flexibility index (Phi) is 8.42. The monoisotopic (exact) mass is 463 g/mol. The summed E-state index contributed by atoms with van der Waals surface area (Å²) in [5.41, 5.74) is 4.43. The van der Waals surface area contributed by atoms with Gasteiger partial charge in [-0.2, -0.15) is 0 Å². The summed E-state index contributed by atoms with van der Waals surface area (Å²) >= 11 is 0. The van der Waals surface area contributed by atoms with Gasteiger partial charge in [-0.3, -0.25) is 9.78 Å². The molecule has 4 rings (SSSR count). The number of halogens is 1. The van der Waals surface area contributed by atoms with Crippen LogP contribution in [0.4, 0.5) is 4.39 Å². The van der Waals surface area contributed by atoms with E-state index in [1.165, 1.54) is 12.1 Å². The number of aromatic nitrogens is 1. The molecule has 164 valence electrons. The van der Waals surface area contributed by atoms with Crippen molar-refractivity contribution in [3.05, 3.63) is 71.7 Å². The Morgan fingerprint density at radius 3 is 2.47 bits per heavy atom. The molecule has 0 amide bonds. The van der Waals surface area contributed by atoms with Crippen LogP contribution in [-0.2, 0) is 4.79 Å². The fourth-order valence-electron chi connectivity index (χ4n) is 3.86. The van der Waals surface area contributed by atoms with Gasteiger partial charge in [-0.1, -0.05) is 42.5 Å². The minimum atomic E-state index is -1.13. The summed E-state index contributed by atoms with van der Waals surface area (Å²) in [6.45, 7) is 0. The second-order valence-electron chi connectivity index (χ2n) is 8.00. The topological polar surface area (TPSA) is 90.7 Å². The number of carbonyl (C=O) groups is 1. The van der Waals surface area contributed by atoms with Gasteiger partial charge in [0.2, 0.25) is 0 Å². The van der Waals surface area contributed by atoms with Crippen LogP contribution in [0.1, 0.15) is 42.9 Å². The quantitative estimate of drug-likeness (QED) is 0.444. The first-order valence-corrected chi connectivity index (χ1v) is 10.4. The van der Waals surface area contributed by atoms with Gasteiger partial charge in [0.05, 0.1) is 29.8 Å². The van der Waals surface area contributed by atoms with Crippen molar-refractivity contribution in [3.8, 4) is 11.1 Å². The summed E-state index contributed by atoms with van der Waals surface area (Å²) in [4.78, 5) is 15.6. The minimum absolute atomic E-state index is 0. The number of aliphatic carboxylic acids is 1. The molecule has 5 nitrogen and oxygen atoms in total. The summed E-state index contributed by atoms with van der Waals surface area (Å²) in [6, 6.07) is 14.1.